The molecule has 2 N–H and O–H groups in total. The van der Waals surface area contributed by atoms with Gasteiger partial charge in [0.05, 0.1) is 0 Å². The molecule has 0 aromatic heterocycles. The molecule has 0 aromatic rings. The van der Waals surface area contributed by atoms with E-state index in [9.17, 15) is 9.59 Å². The molecule has 0 aromatic carbocycles. The molecule has 1 spiro atoms. The zero-order valence-electron chi connectivity index (χ0n) is 10.8. The molecule has 108 valence electrons. The Kier molecular flexibility index (Phi) is 4.17. The Morgan fingerprint density at radius 3 is 1.37 bits per heavy atom. The van der Waals surface area contributed by atoms with E-state index in [1.165, 1.54) is 0 Å². The van der Waals surface area contributed by atoms with E-state index in [2.05, 4.69) is 0 Å². The molecule has 0 amide bonds. The molecule has 19 heavy (non-hydrogen) atoms. The van der Waals surface area contributed by atoms with Crippen molar-refractivity contribution in [2.45, 2.75) is 63.6 Å². The van der Waals surface area contributed by atoms with Gasteiger partial charge in [-0.3, -0.25) is 0 Å². The number of carbonyl (C=O) groups is 2. The molecule has 0 saturated heterocycles. The molecule has 0 unspecified atom stereocenters. The Balaban J connectivity index is 1.78. The molecule has 2 aliphatic carbocycles. The number of ether oxygens (including phenoxy) is 2. The topological polar surface area (TPSA) is 93.1 Å². The first-order chi connectivity index (χ1) is 8.99. The fraction of sp³-hybridized carbons (Fsp3) is 0.846. The molecular formula is C13H20O6. The summed E-state index contributed by atoms with van der Waals surface area (Å²) in [6, 6.07) is 0. The van der Waals surface area contributed by atoms with E-state index in [1.807, 2.05) is 0 Å². The van der Waals surface area contributed by atoms with Crippen molar-refractivity contribution < 1.29 is 29.3 Å². The van der Waals surface area contributed by atoms with Gasteiger partial charge >= 0.3 is 12.3 Å². The predicted molar refractivity (Wildman–Crippen MR) is 65.2 cm³/mol. The van der Waals surface area contributed by atoms with Gasteiger partial charge in [-0.2, -0.15) is 0 Å². The second-order valence-electron chi connectivity index (χ2n) is 5.67. The first-order valence-corrected chi connectivity index (χ1v) is 6.78. The number of carboxylic acid groups (broad SMARTS) is 2. The number of hydrogen-bond acceptors (Lipinski definition) is 4. The summed E-state index contributed by atoms with van der Waals surface area (Å²) in [5, 5.41) is 17.2. The summed E-state index contributed by atoms with van der Waals surface area (Å²) in [5.41, 5.74) is 0.247. The predicted octanol–water partition coefficient (Wildman–Crippen LogP) is 3.25. The Bertz CT molecular complexity index is 300. The summed E-state index contributed by atoms with van der Waals surface area (Å²) < 4.78 is 9.63. The summed E-state index contributed by atoms with van der Waals surface area (Å²) in [5.74, 6) is 0. The van der Waals surface area contributed by atoms with Crippen LogP contribution in [0.15, 0.2) is 0 Å². The minimum atomic E-state index is -1.19. The molecule has 0 aliphatic heterocycles. The van der Waals surface area contributed by atoms with Gasteiger partial charge in [0.1, 0.15) is 12.2 Å². The van der Waals surface area contributed by atoms with E-state index in [4.69, 9.17) is 19.7 Å². The summed E-state index contributed by atoms with van der Waals surface area (Å²) in [4.78, 5) is 21.0. The molecule has 0 radical (unpaired) electrons. The zero-order chi connectivity index (χ0) is 13.9. The fourth-order valence-electron chi connectivity index (χ4n) is 3.43. The van der Waals surface area contributed by atoms with E-state index < -0.39 is 12.3 Å². The summed E-state index contributed by atoms with van der Waals surface area (Å²) in [6.45, 7) is 0. The van der Waals surface area contributed by atoms with Gasteiger partial charge in [0.25, 0.3) is 0 Å². The lowest BCUT2D eigenvalue weighted by Crippen LogP contribution is -2.37. The molecule has 2 fully saturated rings. The molecule has 6 nitrogen and oxygen atoms in total. The Labute approximate surface area is 111 Å². The quantitative estimate of drug-likeness (QED) is 0.749. The van der Waals surface area contributed by atoms with Crippen LogP contribution in [0.5, 0.6) is 0 Å². The Hall–Kier alpha value is -1.46. The minimum Gasteiger partial charge on any atom is -0.450 e. The lowest BCUT2D eigenvalue weighted by Gasteiger charge is -2.44. The molecule has 6 heteroatoms. The molecule has 2 aliphatic rings. The van der Waals surface area contributed by atoms with Crippen molar-refractivity contribution in [2.75, 3.05) is 0 Å². The summed E-state index contributed by atoms with van der Waals surface area (Å²) in [6.07, 6.45) is 4.22. The van der Waals surface area contributed by atoms with Crippen LogP contribution in [0.1, 0.15) is 51.4 Å². The number of rotatable bonds is 2. The van der Waals surface area contributed by atoms with Gasteiger partial charge < -0.3 is 19.7 Å². The summed E-state index contributed by atoms with van der Waals surface area (Å²) >= 11 is 0. The third-order valence-electron chi connectivity index (χ3n) is 4.52. The highest BCUT2D eigenvalue weighted by Gasteiger charge is 2.40. The van der Waals surface area contributed by atoms with Crippen molar-refractivity contribution in [3.8, 4) is 0 Å². The minimum absolute atomic E-state index is 0.170. The molecule has 0 bridgehead atoms. The molecular weight excluding hydrogens is 252 g/mol. The largest absolute Gasteiger partial charge is 0.506 e. The van der Waals surface area contributed by atoms with Crippen molar-refractivity contribution in [3.05, 3.63) is 0 Å². The van der Waals surface area contributed by atoms with E-state index in [0.29, 0.717) is 0 Å². The molecule has 0 atom stereocenters. The highest BCUT2D eigenvalue weighted by atomic mass is 16.7. The molecule has 0 heterocycles. The molecule has 2 rings (SSSR count). The zero-order valence-corrected chi connectivity index (χ0v) is 10.8. The normalized spacial score (nSPS) is 34.7. The van der Waals surface area contributed by atoms with Crippen molar-refractivity contribution in [1.29, 1.82) is 0 Å². The van der Waals surface area contributed by atoms with Gasteiger partial charge in [-0.1, -0.05) is 0 Å². The van der Waals surface area contributed by atoms with Crippen molar-refractivity contribution in [2.24, 2.45) is 5.41 Å². The highest BCUT2D eigenvalue weighted by molar-refractivity contribution is 5.57. The van der Waals surface area contributed by atoms with Gasteiger partial charge in [0.15, 0.2) is 0 Å². The maximum atomic E-state index is 10.5. The van der Waals surface area contributed by atoms with Crippen LogP contribution in [-0.2, 0) is 9.47 Å². The van der Waals surface area contributed by atoms with Gasteiger partial charge in [-0.15, -0.1) is 0 Å². The maximum absolute atomic E-state index is 10.5. The Morgan fingerprint density at radius 1 is 0.789 bits per heavy atom. The van der Waals surface area contributed by atoms with Gasteiger partial charge in [0, 0.05) is 0 Å². The maximum Gasteiger partial charge on any atom is 0.506 e. The lowest BCUT2D eigenvalue weighted by atomic mass is 9.64. The average Bonchev–Trinajstić information content (AvgIpc) is 2.34. The monoisotopic (exact) mass is 272 g/mol. The van der Waals surface area contributed by atoms with Crippen LogP contribution in [0.25, 0.3) is 0 Å². The van der Waals surface area contributed by atoms with Crippen LogP contribution in [0, 0.1) is 5.41 Å². The smallest absolute Gasteiger partial charge is 0.450 e. The molecule has 2 saturated carbocycles. The van der Waals surface area contributed by atoms with E-state index in [0.717, 1.165) is 51.4 Å². The third kappa shape index (κ3) is 3.75. The van der Waals surface area contributed by atoms with Crippen molar-refractivity contribution in [1.82, 2.24) is 0 Å². The number of hydrogen-bond donors (Lipinski definition) is 2. The van der Waals surface area contributed by atoms with E-state index in [-0.39, 0.29) is 17.6 Å². The summed E-state index contributed by atoms with van der Waals surface area (Å²) in [7, 11) is 0. The average molecular weight is 272 g/mol. The first kappa shape index (κ1) is 14.0. The van der Waals surface area contributed by atoms with Crippen LogP contribution in [0.3, 0.4) is 0 Å². The van der Waals surface area contributed by atoms with Gasteiger partial charge in [0.2, 0.25) is 0 Å². The Morgan fingerprint density at radius 2 is 1.11 bits per heavy atom. The van der Waals surface area contributed by atoms with Crippen LogP contribution in [0.2, 0.25) is 0 Å². The first-order valence-electron chi connectivity index (χ1n) is 6.78. The lowest BCUT2D eigenvalue weighted by molar-refractivity contribution is -0.0260. The van der Waals surface area contributed by atoms with Crippen LogP contribution < -0.4 is 0 Å². The van der Waals surface area contributed by atoms with E-state index in [1.54, 1.807) is 0 Å². The van der Waals surface area contributed by atoms with E-state index >= 15 is 0 Å². The van der Waals surface area contributed by atoms with Crippen LogP contribution >= 0.6 is 0 Å². The third-order valence-corrected chi connectivity index (χ3v) is 4.52. The fourth-order valence-corrected chi connectivity index (χ4v) is 3.43. The second-order valence-corrected chi connectivity index (χ2v) is 5.67. The van der Waals surface area contributed by atoms with Crippen molar-refractivity contribution in [3.63, 3.8) is 0 Å². The SMILES string of the molecule is O=C(O)OC1CCC2(CC1)CCC(OC(=O)O)CC2. The van der Waals surface area contributed by atoms with Crippen LogP contribution in [0.4, 0.5) is 9.59 Å². The standard InChI is InChI=1S/C13H20O6/c14-11(15)18-9-1-5-13(6-2-9)7-3-10(4-8-13)19-12(16)17/h9-10H,1-8H2,(H,14,15)(H,16,17). The van der Waals surface area contributed by atoms with Crippen molar-refractivity contribution >= 4 is 12.3 Å². The highest BCUT2D eigenvalue weighted by Crippen LogP contribution is 2.48. The van der Waals surface area contributed by atoms with Crippen LogP contribution in [-0.4, -0.2) is 34.7 Å². The van der Waals surface area contributed by atoms with Gasteiger partial charge in [-0.05, 0) is 56.8 Å². The second kappa shape index (κ2) is 5.67. The van der Waals surface area contributed by atoms with Gasteiger partial charge in [-0.25, -0.2) is 9.59 Å².